The van der Waals surface area contributed by atoms with E-state index in [9.17, 15) is 9.59 Å². The fraction of sp³-hybridized carbons (Fsp3) is 0.0909. The first-order chi connectivity index (χ1) is 8.02. The summed E-state index contributed by atoms with van der Waals surface area (Å²) in [7, 11) is 1.21. The van der Waals surface area contributed by atoms with Crippen LogP contribution in [0.1, 0.15) is 0 Å². The van der Waals surface area contributed by atoms with Crippen LogP contribution in [0.4, 0.5) is 5.69 Å². The zero-order valence-corrected chi connectivity index (χ0v) is 9.69. The SMILES string of the molecule is COC(=O)/C=C/C(=O)Nc1ccc(O)c(Cl)c1. The third-order valence-electron chi connectivity index (χ3n) is 1.79. The van der Waals surface area contributed by atoms with Crippen molar-refractivity contribution in [2.45, 2.75) is 0 Å². The summed E-state index contributed by atoms with van der Waals surface area (Å²) < 4.78 is 4.33. The number of esters is 1. The van der Waals surface area contributed by atoms with Crippen LogP contribution in [0, 0.1) is 0 Å². The van der Waals surface area contributed by atoms with Crippen LogP contribution in [-0.2, 0) is 14.3 Å². The van der Waals surface area contributed by atoms with Gasteiger partial charge in [-0.2, -0.15) is 0 Å². The van der Waals surface area contributed by atoms with Gasteiger partial charge in [-0.1, -0.05) is 11.6 Å². The van der Waals surface area contributed by atoms with Crippen molar-refractivity contribution in [2.75, 3.05) is 12.4 Å². The summed E-state index contributed by atoms with van der Waals surface area (Å²) in [6.45, 7) is 0. The summed E-state index contributed by atoms with van der Waals surface area (Å²) in [5.74, 6) is -1.20. The zero-order valence-electron chi connectivity index (χ0n) is 8.94. The quantitative estimate of drug-likeness (QED) is 0.490. The van der Waals surface area contributed by atoms with E-state index in [0.717, 1.165) is 12.2 Å². The molecule has 0 saturated carbocycles. The number of amides is 1. The van der Waals surface area contributed by atoms with Gasteiger partial charge in [-0.05, 0) is 18.2 Å². The highest BCUT2D eigenvalue weighted by atomic mass is 35.5. The Labute approximate surface area is 103 Å². The monoisotopic (exact) mass is 255 g/mol. The van der Waals surface area contributed by atoms with Gasteiger partial charge in [0, 0.05) is 17.8 Å². The Morgan fingerprint density at radius 2 is 2.12 bits per heavy atom. The molecule has 0 unspecified atom stereocenters. The van der Waals surface area contributed by atoms with Crippen molar-refractivity contribution in [2.24, 2.45) is 0 Å². The number of aromatic hydroxyl groups is 1. The first-order valence-corrected chi connectivity index (χ1v) is 4.96. The van der Waals surface area contributed by atoms with Gasteiger partial charge < -0.3 is 15.2 Å². The van der Waals surface area contributed by atoms with Crippen molar-refractivity contribution in [3.63, 3.8) is 0 Å². The lowest BCUT2D eigenvalue weighted by atomic mass is 10.3. The minimum atomic E-state index is -0.621. The van der Waals surface area contributed by atoms with Crippen molar-refractivity contribution in [3.8, 4) is 5.75 Å². The van der Waals surface area contributed by atoms with E-state index in [4.69, 9.17) is 16.7 Å². The Kier molecular flexibility index (Phi) is 4.54. The molecular formula is C11H10ClNO4. The van der Waals surface area contributed by atoms with Gasteiger partial charge in [-0.15, -0.1) is 0 Å². The summed E-state index contributed by atoms with van der Waals surface area (Å²) in [6, 6.07) is 4.22. The number of benzene rings is 1. The molecule has 0 radical (unpaired) electrons. The van der Waals surface area contributed by atoms with Crippen LogP contribution in [0.5, 0.6) is 5.75 Å². The number of carbonyl (C=O) groups excluding carboxylic acids is 2. The smallest absolute Gasteiger partial charge is 0.330 e. The maximum absolute atomic E-state index is 11.3. The number of hydrogen-bond donors (Lipinski definition) is 2. The number of halogens is 1. The Hall–Kier alpha value is -2.01. The molecule has 90 valence electrons. The van der Waals surface area contributed by atoms with Crippen LogP contribution < -0.4 is 5.32 Å². The van der Waals surface area contributed by atoms with Crippen LogP contribution in [0.15, 0.2) is 30.4 Å². The van der Waals surface area contributed by atoms with Crippen LogP contribution >= 0.6 is 11.6 Å². The van der Waals surface area contributed by atoms with Gasteiger partial charge >= 0.3 is 5.97 Å². The van der Waals surface area contributed by atoms with Crippen LogP contribution in [0.2, 0.25) is 5.02 Å². The van der Waals surface area contributed by atoms with Gasteiger partial charge in [-0.25, -0.2) is 4.79 Å². The maximum atomic E-state index is 11.3. The number of phenols is 1. The largest absolute Gasteiger partial charge is 0.506 e. The van der Waals surface area contributed by atoms with E-state index < -0.39 is 11.9 Å². The second-order valence-electron chi connectivity index (χ2n) is 3.01. The second kappa shape index (κ2) is 5.91. The van der Waals surface area contributed by atoms with Crippen molar-refractivity contribution in [1.82, 2.24) is 0 Å². The van der Waals surface area contributed by atoms with Gasteiger partial charge in [0.15, 0.2) is 0 Å². The van der Waals surface area contributed by atoms with E-state index in [0.29, 0.717) is 5.69 Å². The van der Waals surface area contributed by atoms with Crippen molar-refractivity contribution in [1.29, 1.82) is 0 Å². The molecule has 0 spiro atoms. The topological polar surface area (TPSA) is 75.6 Å². The molecule has 17 heavy (non-hydrogen) atoms. The highest BCUT2D eigenvalue weighted by molar-refractivity contribution is 6.32. The van der Waals surface area contributed by atoms with E-state index in [1.807, 2.05) is 0 Å². The standard InChI is InChI=1S/C11H10ClNO4/c1-17-11(16)5-4-10(15)13-7-2-3-9(14)8(12)6-7/h2-6,14H,1H3,(H,13,15)/b5-4+. The molecule has 0 fully saturated rings. The molecular weight excluding hydrogens is 246 g/mol. The lowest BCUT2D eigenvalue weighted by Gasteiger charge is -2.03. The summed E-state index contributed by atoms with van der Waals surface area (Å²) in [5, 5.41) is 11.8. The van der Waals surface area contributed by atoms with Crippen molar-refractivity contribution < 1.29 is 19.4 Å². The number of methoxy groups -OCH3 is 1. The fourth-order valence-corrected chi connectivity index (χ4v) is 1.16. The molecule has 0 aromatic heterocycles. The number of ether oxygens (including phenoxy) is 1. The van der Waals surface area contributed by atoms with Gasteiger partial charge in [0.2, 0.25) is 5.91 Å². The first-order valence-electron chi connectivity index (χ1n) is 4.58. The van der Waals surface area contributed by atoms with Gasteiger partial charge in [0.05, 0.1) is 12.1 Å². The molecule has 6 heteroatoms. The second-order valence-corrected chi connectivity index (χ2v) is 3.42. The molecule has 2 N–H and O–H groups in total. The number of phenolic OH excluding ortho intramolecular Hbond substituents is 1. The van der Waals surface area contributed by atoms with Crippen LogP contribution in [0.3, 0.4) is 0 Å². The third kappa shape index (κ3) is 4.16. The summed E-state index contributed by atoms with van der Waals surface area (Å²) >= 11 is 5.65. The number of nitrogens with one attached hydrogen (secondary N) is 1. The van der Waals surface area contributed by atoms with Crippen LogP contribution in [0.25, 0.3) is 0 Å². The predicted octanol–water partition coefficient (Wildman–Crippen LogP) is 1.71. The molecule has 0 aliphatic carbocycles. The number of rotatable bonds is 3. The minimum Gasteiger partial charge on any atom is -0.506 e. The Balaban J connectivity index is 2.65. The van der Waals surface area contributed by atoms with Crippen molar-refractivity contribution >= 4 is 29.2 Å². The van der Waals surface area contributed by atoms with Gasteiger partial charge in [-0.3, -0.25) is 4.79 Å². The van der Waals surface area contributed by atoms with E-state index in [1.165, 1.54) is 25.3 Å². The first kappa shape index (κ1) is 13.1. The van der Waals surface area contributed by atoms with E-state index >= 15 is 0 Å². The third-order valence-corrected chi connectivity index (χ3v) is 2.09. The zero-order chi connectivity index (χ0) is 12.8. The highest BCUT2D eigenvalue weighted by Crippen LogP contribution is 2.25. The number of hydrogen-bond acceptors (Lipinski definition) is 4. The molecule has 1 rings (SSSR count). The van der Waals surface area contributed by atoms with Crippen molar-refractivity contribution in [3.05, 3.63) is 35.4 Å². The predicted molar refractivity (Wildman–Crippen MR) is 62.9 cm³/mol. The average molecular weight is 256 g/mol. The average Bonchev–Trinajstić information content (AvgIpc) is 2.31. The minimum absolute atomic E-state index is 0.0743. The van der Waals surface area contributed by atoms with E-state index in [2.05, 4.69) is 10.1 Å². The Morgan fingerprint density at radius 1 is 1.41 bits per heavy atom. The molecule has 5 nitrogen and oxygen atoms in total. The molecule has 1 aromatic rings. The maximum Gasteiger partial charge on any atom is 0.330 e. The molecule has 0 bridgehead atoms. The summed E-state index contributed by atoms with van der Waals surface area (Å²) in [4.78, 5) is 22.0. The molecule has 0 aliphatic heterocycles. The van der Waals surface area contributed by atoms with E-state index in [-0.39, 0.29) is 10.8 Å². The molecule has 0 aliphatic rings. The normalized spacial score (nSPS) is 10.2. The lowest BCUT2D eigenvalue weighted by Crippen LogP contribution is -2.08. The summed E-state index contributed by atoms with van der Waals surface area (Å²) in [6.07, 6.45) is 2.03. The molecule has 0 saturated heterocycles. The molecule has 0 heterocycles. The molecule has 1 aromatic carbocycles. The lowest BCUT2D eigenvalue weighted by molar-refractivity contribution is -0.135. The van der Waals surface area contributed by atoms with E-state index in [1.54, 1.807) is 0 Å². The molecule has 1 amide bonds. The Morgan fingerprint density at radius 3 is 2.71 bits per heavy atom. The Bertz CT molecular complexity index is 471. The summed E-state index contributed by atoms with van der Waals surface area (Å²) in [5.41, 5.74) is 0.410. The van der Waals surface area contributed by atoms with Crippen LogP contribution in [-0.4, -0.2) is 24.1 Å². The number of carbonyl (C=O) groups is 2. The fourth-order valence-electron chi connectivity index (χ4n) is 0.980. The molecule has 0 atom stereocenters. The number of anilines is 1. The highest BCUT2D eigenvalue weighted by Gasteiger charge is 2.02. The van der Waals surface area contributed by atoms with Gasteiger partial charge in [0.25, 0.3) is 0 Å². The van der Waals surface area contributed by atoms with Gasteiger partial charge in [0.1, 0.15) is 5.75 Å².